The molecule has 1 fully saturated rings. The van der Waals surface area contributed by atoms with E-state index in [1.165, 1.54) is 0 Å². The maximum atomic E-state index is 12.8. The van der Waals surface area contributed by atoms with Crippen molar-refractivity contribution < 1.29 is 23.0 Å². The summed E-state index contributed by atoms with van der Waals surface area (Å²) in [6.07, 6.45) is 1.77. The Labute approximate surface area is 169 Å². The fraction of sp³-hybridized carbons (Fsp3) is 0.368. The Hall–Kier alpha value is -3.21. The normalized spacial score (nSPS) is 17.1. The molecule has 0 spiro atoms. The summed E-state index contributed by atoms with van der Waals surface area (Å²) in [6.45, 7) is 2.34. The number of aryl methyl sites for hydroxylation is 1. The number of aromatic nitrogens is 5. The number of ether oxygens (including phenoxy) is 1. The molecule has 8 nitrogen and oxygen atoms in total. The van der Waals surface area contributed by atoms with Crippen LogP contribution in [0.2, 0.25) is 0 Å². The fourth-order valence-corrected chi connectivity index (χ4v) is 3.24. The number of phenolic OH excluding ortho intramolecular Hbond substituents is 1. The van der Waals surface area contributed by atoms with E-state index in [1.807, 2.05) is 0 Å². The van der Waals surface area contributed by atoms with Gasteiger partial charge in [0.1, 0.15) is 17.7 Å². The van der Waals surface area contributed by atoms with Gasteiger partial charge in [-0.05, 0) is 44.4 Å². The summed E-state index contributed by atoms with van der Waals surface area (Å²) in [6, 6.07) is 2.69. The smallest absolute Gasteiger partial charge is 0.416 e. The van der Waals surface area contributed by atoms with Crippen molar-refractivity contribution in [3.05, 3.63) is 41.9 Å². The number of halogens is 3. The minimum absolute atomic E-state index is 0.0971. The molecule has 0 bridgehead atoms. The van der Waals surface area contributed by atoms with E-state index in [0.29, 0.717) is 24.1 Å². The van der Waals surface area contributed by atoms with Gasteiger partial charge >= 0.3 is 6.18 Å². The Bertz CT molecular complexity index is 1050. The van der Waals surface area contributed by atoms with Crippen LogP contribution in [0.25, 0.3) is 11.3 Å². The second-order valence-corrected chi connectivity index (χ2v) is 6.95. The molecule has 158 valence electrons. The van der Waals surface area contributed by atoms with Gasteiger partial charge in [-0.2, -0.15) is 18.3 Å². The SMILES string of the molecule is Cc1nc(Nc2cnn(C3CCCCO3)c2)nnc1-c1ccc(C(F)(F)F)cc1O. The first-order valence-corrected chi connectivity index (χ1v) is 9.36. The van der Waals surface area contributed by atoms with E-state index < -0.39 is 17.5 Å². The summed E-state index contributed by atoms with van der Waals surface area (Å²) >= 11 is 0. The number of alkyl halides is 3. The van der Waals surface area contributed by atoms with Crippen molar-refractivity contribution in [2.45, 2.75) is 38.6 Å². The number of hydrogen-bond acceptors (Lipinski definition) is 7. The van der Waals surface area contributed by atoms with Gasteiger partial charge in [0.25, 0.3) is 0 Å². The Morgan fingerprint density at radius 1 is 1.23 bits per heavy atom. The maximum Gasteiger partial charge on any atom is 0.416 e. The van der Waals surface area contributed by atoms with E-state index in [9.17, 15) is 18.3 Å². The van der Waals surface area contributed by atoms with Crippen LogP contribution in [-0.2, 0) is 10.9 Å². The largest absolute Gasteiger partial charge is 0.507 e. The zero-order valence-corrected chi connectivity index (χ0v) is 16.0. The van der Waals surface area contributed by atoms with Crippen LogP contribution in [0.15, 0.2) is 30.6 Å². The second-order valence-electron chi connectivity index (χ2n) is 6.95. The van der Waals surface area contributed by atoms with Crippen LogP contribution in [-0.4, -0.2) is 36.7 Å². The number of hydrogen-bond donors (Lipinski definition) is 2. The number of anilines is 2. The lowest BCUT2D eigenvalue weighted by Crippen LogP contribution is -2.18. The van der Waals surface area contributed by atoms with Crippen LogP contribution in [0.3, 0.4) is 0 Å². The zero-order valence-electron chi connectivity index (χ0n) is 16.0. The number of nitrogens with one attached hydrogen (secondary N) is 1. The molecule has 3 heterocycles. The predicted octanol–water partition coefficient (Wildman–Crippen LogP) is 4.21. The Balaban J connectivity index is 1.52. The van der Waals surface area contributed by atoms with Crippen LogP contribution in [0.4, 0.5) is 24.8 Å². The summed E-state index contributed by atoms with van der Waals surface area (Å²) in [5.41, 5.74) is 0.410. The lowest BCUT2D eigenvalue weighted by molar-refractivity contribution is -0.137. The van der Waals surface area contributed by atoms with Crippen LogP contribution in [0, 0.1) is 6.92 Å². The van der Waals surface area contributed by atoms with Gasteiger partial charge in [-0.1, -0.05) is 0 Å². The van der Waals surface area contributed by atoms with E-state index in [1.54, 1.807) is 24.0 Å². The van der Waals surface area contributed by atoms with E-state index in [-0.39, 0.29) is 23.4 Å². The van der Waals surface area contributed by atoms with Gasteiger partial charge in [0.15, 0.2) is 0 Å². The third-order valence-corrected chi connectivity index (χ3v) is 4.75. The Morgan fingerprint density at radius 2 is 2.07 bits per heavy atom. The van der Waals surface area contributed by atoms with Crippen LogP contribution < -0.4 is 5.32 Å². The molecule has 1 aliphatic heterocycles. The van der Waals surface area contributed by atoms with E-state index in [0.717, 1.165) is 31.4 Å². The van der Waals surface area contributed by atoms with Crippen molar-refractivity contribution in [2.24, 2.45) is 0 Å². The quantitative estimate of drug-likeness (QED) is 0.652. The molecule has 1 unspecified atom stereocenters. The van der Waals surface area contributed by atoms with E-state index >= 15 is 0 Å². The number of benzene rings is 1. The lowest BCUT2D eigenvalue weighted by atomic mass is 10.1. The Kier molecular flexibility index (Phi) is 5.29. The van der Waals surface area contributed by atoms with Crippen LogP contribution in [0.1, 0.15) is 36.7 Å². The van der Waals surface area contributed by atoms with Gasteiger partial charge in [0, 0.05) is 12.2 Å². The summed E-state index contributed by atoms with van der Waals surface area (Å²) in [4.78, 5) is 4.29. The van der Waals surface area contributed by atoms with Crippen LogP contribution in [0.5, 0.6) is 5.75 Å². The number of aromatic hydroxyl groups is 1. The molecule has 1 atom stereocenters. The topological polar surface area (TPSA) is 98.0 Å². The molecule has 1 aromatic carbocycles. The lowest BCUT2D eigenvalue weighted by Gasteiger charge is -2.22. The fourth-order valence-electron chi connectivity index (χ4n) is 3.24. The molecule has 0 saturated carbocycles. The third kappa shape index (κ3) is 4.20. The first kappa shape index (κ1) is 20.1. The molecule has 30 heavy (non-hydrogen) atoms. The van der Waals surface area contributed by atoms with Gasteiger partial charge in [-0.3, -0.25) is 0 Å². The average Bonchev–Trinajstić information content (AvgIpc) is 3.17. The maximum absolute atomic E-state index is 12.8. The molecule has 4 rings (SSSR count). The minimum atomic E-state index is -4.55. The van der Waals surface area contributed by atoms with Crippen molar-refractivity contribution in [2.75, 3.05) is 11.9 Å². The molecule has 11 heteroatoms. The molecule has 0 amide bonds. The van der Waals surface area contributed by atoms with Gasteiger partial charge < -0.3 is 15.2 Å². The Morgan fingerprint density at radius 3 is 2.73 bits per heavy atom. The van der Waals surface area contributed by atoms with Gasteiger partial charge in [0.2, 0.25) is 5.95 Å². The van der Waals surface area contributed by atoms with E-state index in [4.69, 9.17) is 4.74 Å². The molecular weight excluding hydrogens is 401 g/mol. The van der Waals surface area contributed by atoms with Gasteiger partial charge in [-0.15, -0.1) is 10.2 Å². The molecule has 1 saturated heterocycles. The standard InChI is InChI=1S/C19H19F3N6O2/c1-11-17(14-6-5-12(8-15(14)29)19(20,21)22)26-27-18(24-11)25-13-9-23-28(10-13)16-4-2-3-7-30-16/h5-6,8-10,16,29H,2-4,7H2,1H3,(H,24,25,27). The predicted molar refractivity (Wildman–Crippen MR) is 101 cm³/mol. The highest BCUT2D eigenvalue weighted by Gasteiger charge is 2.31. The summed E-state index contributed by atoms with van der Waals surface area (Å²) in [7, 11) is 0. The first-order chi connectivity index (χ1) is 14.3. The summed E-state index contributed by atoms with van der Waals surface area (Å²) < 4.78 is 45.8. The first-order valence-electron chi connectivity index (χ1n) is 9.36. The van der Waals surface area contributed by atoms with Gasteiger partial charge in [-0.25, -0.2) is 9.67 Å². The zero-order chi connectivity index (χ0) is 21.3. The molecule has 0 radical (unpaired) electrons. The molecule has 0 aliphatic carbocycles. The molecule has 3 aromatic rings. The third-order valence-electron chi connectivity index (χ3n) is 4.75. The number of rotatable bonds is 4. The number of nitrogens with zero attached hydrogens (tertiary/aromatic N) is 5. The van der Waals surface area contributed by atoms with Crippen molar-refractivity contribution in [3.63, 3.8) is 0 Å². The van der Waals surface area contributed by atoms with Crippen molar-refractivity contribution in [3.8, 4) is 17.0 Å². The summed E-state index contributed by atoms with van der Waals surface area (Å²) in [5.74, 6) is -0.342. The van der Waals surface area contributed by atoms with Crippen molar-refractivity contribution >= 4 is 11.6 Å². The second kappa shape index (κ2) is 7.90. The molecule has 2 N–H and O–H groups in total. The van der Waals surface area contributed by atoms with Crippen molar-refractivity contribution in [1.82, 2.24) is 25.0 Å². The van der Waals surface area contributed by atoms with Crippen molar-refractivity contribution in [1.29, 1.82) is 0 Å². The van der Waals surface area contributed by atoms with Gasteiger partial charge in [0.05, 0.1) is 29.3 Å². The summed E-state index contributed by atoms with van der Waals surface area (Å²) in [5, 5.41) is 25.3. The highest BCUT2D eigenvalue weighted by Crippen LogP contribution is 2.36. The highest BCUT2D eigenvalue weighted by molar-refractivity contribution is 5.69. The average molecular weight is 420 g/mol. The van der Waals surface area contributed by atoms with Crippen LogP contribution >= 0.6 is 0 Å². The molecular formula is C19H19F3N6O2. The highest BCUT2D eigenvalue weighted by atomic mass is 19.4. The van der Waals surface area contributed by atoms with E-state index in [2.05, 4.69) is 25.6 Å². The number of phenols is 1. The monoisotopic (exact) mass is 420 g/mol. The molecule has 2 aromatic heterocycles. The molecule has 1 aliphatic rings. The minimum Gasteiger partial charge on any atom is -0.507 e.